The van der Waals surface area contributed by atoms with Crippen LogP contribution in [0.3, 0.4) is 0 Å². The molecule has 448 valence electrons. The lowest BCUT2D eigenvalue weighted by molar-refractivity contribution is -0.138. The maximum absolute atomic E-state index is 13.8. The van der Waals surface area contributed by atoms with Crippen LogP contribution in [0.5, 0.6) is 69.0 Å². The first kappa shape index (κ1) is 55.0. The molecule has 0 aliphatic carbocycles. The van der Waals surface area contributed by atoms with Gasteiger partial charge in [-0.2, -0.15) is 5.26 Å². The van der Waals surface area contributed by atoms with Gasteiger partial charge in [0.05, 0.1) is 63.1 Å². The molecule has 0 atom stereocenters. The van der Waals surface area contributed by atoms with Crippen LogP contribution in [0, 0.1) is 11.3 Å². The molecule has 16 rings (SSSR count). The molecule has 7 aliphatic rings. The Morgan fingerprint density at radius 3 is 1.30 bits per heavy atom. The molecule has 88 heavy (non-hydrogen) atoms. The predicted octanol–water partition coefficient (Wildman–Crippen LogP) is 10.8. The number of para-hydroxylation sites is 1. The lowest BCUT2D eigenvalue weighted by Gasteiger charge is -2.25. The molecule has 0 saturated heterocycles. The van der Waals surface area contributed by atoms with E-state index in [0.717, 1.165) is 68.5 Å². The first-order valence-corrected chi connectivity index (χ1v) is 33.7. The third-order valence-electron chi connectivity index (χ3n) is 15.3. The highest BCUT2D eigenvalue weighted by Crippen LogP contribution is 2.69. The summed E-state index contributed by atoms with van der Waals surface area (Å²) in [6.45, 7) is 5.83. The van der Waals surface area contributed by atoms with Gasteiger partial charge in [0.2, 0.25) is 0 Å². The van der Waals surface area contributed by atoms with Gasteiger partial charge in [-0.05, 0) is 60.7 Å². The van der Waals surface area contributed by atoms with E-state index in [4.69, 9.17) is 56.8 Å². The minimum atomic E-state index is -1.60. The number of aliphatic carboxylic acids is 2. The number of rotatable bonds is 11. The van der Waals surface area contributed by atoms with E-state index in [0.29, 0.717) is 146 Å². The zero-order valence-corrected chi connectivity index (χ0v) is 51.9. The van der Waals surface area contributed by atoms with Crippen molar-refractivity contribution >= 4 is 114 Å². The van der Waals surface area contributed by atoms with Crippen molar-refractivity contribution in [3.63, 3.8) is 0 Å². The van der Waals surface area contributed by atoms with Crippen LogP contribution in [0.1, 0.15) is 22.9 Å². The monoisotopic (exact) mass is 1320 g/mol. The van der Waals surface area contributed by atoms with Crippen LogP contribution in [0.2, 0.25) is 0 Å². The fourth-order valence-electron chi connectivity index (χ4n) is 11.7. The fourth-order valence-corrected chi connectivity index (χ4v) is 20.6. The van der Waals surface area contributed by atoms with Crippen LogP contribution in [-0.4, -0.2) is 113 Å². The van der Waals surface area contributed by atoms with Gasteiger partial charge in [0.15, 0.2) is 74.6 Å². The molecular weight excluding hydrogens is 1270 g/mol. The Hall–Kier alpha value is -8.36. The van der Waals surface area contributed by atoms with Crippen LogP contribution < -0.4 is 76.5 Å². The minimum Gasteiger partial charge on any atom is -0.485 e. The van der Waals surface area contributed by atoms with E-state index in [9.17, 15) is 29.9 Å². The molecule has 0 radical (unpaired) electrons. The SMILES string of the molecule is CCN1c2ccccc2CCc2cc(-c3sc(-c4sc(-c5sc(-c6sc(-c7sc(-c8sc(/C=c9\s/c(=C(\C#N)C(=O)O)n(CC(=O)O)c9=O)c9c8OCCO9)c8c7OCCO8)c7c6OCCO7)c6c5OCCO6)c5c4OCCO5)c4c3OCCO4)ccc21. The van der Waals surface area contributed by atoms with E-state index in [2.05, 4.69) is 54.3 Å². The zero-order chi connectivity index (χ0) is 59.5. The highest BCUT2D eigenvalue weighted by Gasteiger charge is 2.41. The lowest BCUT2D eigenvalue weighted by atomic mass is 10.0. The quantitative estimate of drug-likeness (QED) is 0.122. The number of carboxylic acids is 2. The minimum absolute atomic E-state index is 0.0145. The molecule has 0 bridgehead atoms. The molecule has 14 heterocycles. The summed E-state index contributed by atoms with van der Waals surface area (Å²) in [4.78, 5) is 49.2. The third-order valence-corrected chi connectivity index (χ3v) is 24.2. The average molecular weight is 1320 g/mol. The normalized spacial score (nSPS) is 16.3. The molecule has 0 amide bonds. The second kappa shape index (κ2) is 22.0. The van der Waals surface area contributed by atoms with Gasteiger partial charge in [0.1, 0.15) is 96.6 Å². The van der Waals surface area contributed by atoms with Crippen molar-refractivity contribution in [2.24, 2.45) is 0 Å². The maximum Gasteiger partial charge on any atom is 0.349 e. The number of nitriles is 1. The highest BCUT2D eigenvalue weighted by molar-refractivity contribution is 7.32. The Kier molecular flexibility index (Phi) is 13.8. The van der Waals surface area contributed by atoms with E-state index in [1.807, 2.05) is 0 Å². The van der Waals surface area contributed by atoms with Gasteiger partial charge < -0.3 is 72.0 Å². The fraction of sp³-hybridized carbons (Fsp3) is 0.279. The number of nitrogens with zero attached hydrogens (tertiary/aromatic N) is 3. The van der Waals surface area contributed by atoms with Crippen molar-refractivity contribution in [3.8, 4) is 134 Å². The summed E-state index contributed by atoms with van der Waals surface area (Å²) < 4.78 is 78.6. The second-order valence-corrected chi connectivity index (χ2v) is 27.6. The number of carboxylic acid groups (broad SMARTS) is 2. The van der Waals surface area contributed by atoms with Gasteiger partial charge in [0, 0.05) is 17.9 Å². The first-order valence-electron chi connectivity index (χ1n) is 28.0. The molecule has 0 fully saturated rings. The van der Waals surface area contributed by atoms with Crippen molar-refractivity contribution < 1.29 is 76.6 Å². The average Bonchev–Trinajstić information content (AvgIpc) is 1.76. The predicted molar refractivity (Wildman–Crippen MR) is 334 cm³/mol. The van der Waals surface area contributed by atoms with E-state index in [1.54, 1.807) is 28.7 Å². The number of aryl methyl sites for hydroxylation is 2. The van der Waals surface area contributed by atoms with Gasteiger partial charge >= 0.3 is 11.9 Å². The van der Waals surface area contributed by atoms with Crippen LogP contribution in [-0.2, 0) is 29.0 Å². The number of fused-ring (bicyclic) bond motifs is 8. The summed E-state index contributed by atoms with van der Waals surface area (Å²) in [5.41, 5.74) is 4.58. The Morgan fingerprint density at radius 2 is 0.875 bits per heavy atom. The summed E-state index contributed by atoms with van der Waals surface area (Å²) in [7, 11) is 0. The molecule has 0 saturated carbocycles. The molecule has 0 unspecified atom stereocenters. The van der Waals surface area contributed by atoms with Crippen molar-refractivity contribution in [2.45, 2.75) is 26.3 Å². The number of aromatic nitrogens is 1. The van der Waals surface area contributed by atoms with Crippen LogP contribution in [0.25, 0.3) is 70.9 Å². The van der Waals surface area contributed by atoms with Crippen molar-refractivity contribution in [3.05, 3.63) is 78.0 Å². The van der Waals surface area contributed by atoms with Gasteiger partial charge in [-0.3, -0.25) is 14.2 Å². The van der Waals surface area contributed by atoms with E-state index in [1.165, 1.54) is 73.9 Å². The summed E-state index contributed by atoms with van der Waals surface area (Å²) in [5.74, 6) is 3.51. The standard InChI is InChI=1S/C61H45N3O17S7/c1-2-63-31-6-4-3-5-27(31)7-8-28-23-29(9-10-32(28)63)48-38-39(73-14-13-72-38)51(84-48)52-42-43(77-18-17-76-42)55(86-52)56-46-47(81-22-21-80-46)58(88-56)57-45-44(78-19-20-79-45)54(87-57)53-41-40(74-15-16-75-41)50(85-53)49-37-36(70-11-12-71-37)33(82-49)24-34-59(67)64(26-35(65)66)60(83-34)30(25-62)61(68)69/h3-6,9-10,23-24H,2,7-8,11-22,26H2,1H3,(H,65,66)(H,68,69)/b34-24-,60-30+. The molecule has 7 aromatic heterocycles. The van der Waals surface area contributed by atoms with E-state index >= 15 is 0 Å². The molecule has 2 N–H and O–H groups in total. The number of thiazole rings is 1. The summed E-state index contributed by atoms with van der Waals surface area (Å²) >= 11 is 9.48. The van der Waals surface area contributed by atoms with Gasteiger partial charge in [-0.25, -0.2) is 4.79 Å². The van der Waals surface area contributed by atoms with Crippen molar-refractivity contribution in [1.29, 1.82) is 5.26 Å². The number of benzene rings is 2. The molecular formula is C61H45N3O17S7. The van der Waals surface area contributed by atoms with Crippen LogP contribution >= 0.6 is 79.4 Å². The summed E-state index contributed by atoms with van der Waals surface area (Å²) in [6.07, 6.45) is 3.34. The summed E-state index contributed by atoms with van der Waals surface area (Å²) in [5, 5.41) is 29.2. The van der Waals surface area contributed by atoms with Crippen LogP contribution in [0.4, 0.5) is 11.4 Å². The Bertz CT molecular complexity index is 4660. The largest absolute Gasteiger partial charge is 0.485 e. The molecule has 0 spiro atoms. The number of anilines is 2. The second-order valence-electron chi connectivity index (χ2n) is 20.4. The summed E-state index contributed by atoms with van der Waals surface area (Å²) in [6, 6.07) is 17.0. The smallest absolute Gasteiger partial charge is 0.349 e. The molecule has 2 aromatic carbocycles. The van der Waals surface area contributed by atoms with Gasteiger partial charge in [-0.15, -0.1) is 79.4 Å². The Balaban J connectivity index is 0.800. The molecule has 9 aromatic rings. The molecule has 7 aliphatic heterocycles. The molecule has 27 heteroatoms. The Labute approximate surface area is 526 Å². The Morgan fingerprint density at radius 1 is 0.500 bits per heavy atom. The number of thiophene rings is 6. The number of carbonyl (C=O) groups is 2. The topological polar surface area (TPSA) is 234 Å². The van der Waals surface area contributed by atoms with Gasteiger partial charge in [-0.1, -0.05) is 24.3 Å². The van der Waals surface area contributed by atoms with E-state index < -0.39 is 29.6 Å². The number of ether oxygens (including phenoxy) is 12. The van der Waals surface area contributed by atoms with Crippen LogP contribution in [0.15, 0.2) is 47.3 Å². The van der Waals surface area contributed by atoms with Crippen molar-refractivity contribution in [1.82, 2.24) is 4.57 Å². The molecule has 20 nitrogen and oxygen atoms in total. The first-order chi connectivity index (χ1) is 43.1. The number of hydrogen-bond acceptors (Lipinski definition) is 24. The number of hydrogen-bond donors (Lipinski definition) is 2. The zero-order valence-electron chi connectivity index (χ0n) is 46.2. The lowest BCUT2D eigenvalue weighted by Crippen LogP contribution is -2.35. The maximum atomic E-state index is 13.8. The van der Waals surface area contributed by atoms with E-state index in [-0.39, 0.29) is 42.2 Å². The highest BCUT2D eigenvalue weighted by atomic mass is 32.1. The van der Waals surface area contributed by atoms with Gasteiger partial charge in [0.25, 0.3) is 5.56 Å². The third kappa shape index (κ3) is 8.88. The van der Waals surface area contributed by atoms with Crippen molar-refractivity contribution in [2.75, 3.05) is 90.7 Å².